The van der Waals surface area contributed by atoms with E-state index < -0.39 is 0 Å². The number of rotatable bonds is 2. The number of halogens is 1. The first-order chi connectivity index (χ1) is 9.66. The fraction of sp³-hybridized carbons (Fsp3) is 0.312. The van der Waals surface area contributed by atoms with Gasteiger partial charge in [-0.05, 0) is 24.6 Å². The molecule has 2 aromatic rings. The molecule has 2 aromatic carbocycles. The highest BCUT2D eigenvalue weighted by Gasteiger charge is 2.18. The number of hydrogen-bond donors (Lipinski definition) is 1. The highest BCUT2D eigenvalue weighted by Crippen LogP contribution is 2.30. The maximum Gasteiger partial charge on any atom is 0.249 e. The molecule has 1 amide bonds. The molecule has 3 rings (SSSR count). The van der Waals surface area contributed by atoms with Gasteiger partial charge in [0.1, 0.15) is 0 Å². The molecular formula is C16H20ClN3O. The van der Waals surface area contributed by atoms with Crippen molar-refractivity contribution in [1.82, 2.24) is 4.90 Å². The fourth-order valence-corrected chi connectivity index (χ4v) is 2.84. The Kier molecular flexibility index (Phi) is 4.70. The van der Waals surface area contributed by atoms with Crippen molar-refractivity contribution in [2.24, 2.45) is 5.73 Å². The third-order valence-electron chi connectivity index (χ3n) is 3.99. The monoisotopic (exact) mass is 305 g/mol. The summed E-state index contributed by atoms with van der Waals surface area (Å²) in [5.74, 6) is -0.364. The molecule has 2 N–H and O–H groups in total. The van der Waals surface area contributed by atoms with Crippen molar-refractivity contribution in [3.63, 3.8) is 0 Å². The molecule has 1 aliphatic heterocycles. The van der Waals surface area contributed by atoms with Crippen molar-refractivity contribution < 1.29 is 4.79 Å². The van der Waals surface area contributed by atoms with E-state index in [9.17, 15) is 4.79 Å². The van der Waals surface area contributed by atoms with E-state index in [0.717, 1.165) is 42.6 Å². The van der Waals surface area contributed by atoms with Gasteiger partial charge in [0, 0.05) is 42.8 Å². The normalized spacial score (nSPS) is 15.8. The number of nitrogens with two attached hydrogens (primary N) is 1. The summed E-state index contributed by atoms with van der Waals surface area (Å²) in [7, 11) is 2.13. The number of carbonyl (C=O) groups excluding carboxylic acids is 1. The van der Waals surface area contributed by atoms with Crippen LogP contribution in [0.25, 0.3) is 10.8 Å². The second-order valence-corrected chi connectivity index (χ2v) is 5.34. The Morgan fingerprint density at radius 1 is 1.05 bits per heavy atom. The Labute approximate surface area is 130 Å². The zero-order chi connectivity index (χ0) is 14.1. The summed E-state index contributed by atoms with van der Waals surface area (Å²) in [5, 5.41) is 2.05. The van der Waals surface area contributed by atoms with Crippen LogP contribution in [0.4, 0.5) is 5.69 Å². The highest BCUT2D eigenvalue weighted by molar-refractivity contribution is 6.11. The Balaban J connectivity index is 0.00000161. The number of benzene rings is 2. The van der Waals surface area contributed by atoms with Crippen LogP contribution in [0.2, 0.25) is 0 Å². The lowest BCUT2D eigenvalue weighted by atomic mass is 10.0. The van der Waals surface area contributed by atoms with Gasteiger partial charge in [0.25, 0.3) is 0 Å². The van der Waals surface area contributed by atoms with Gasteiger partial charge < -0.3 is 15.5 Å². The van der Waals surface area contributed by atoms with E-state index in [4.69, 9.17) is 5.73 Å². The number of anilines is 1. The van der Waals surface area contributed by atoms with Gasteiger partial charge >= 0.3 is 0 Å². The van der Waals surface area contributed by atoms with E-state index in [-0.39, 0.29) is 18.3 Å². The maximum absolute atomic E-state index is 11.7. The lowest BCUT2D eigenvalue weighted by Crippen LogP contribution is -2.44. The van der Waals surface area contributed by atoms with Crippen LogP contribution in [0.5, 0.6) is 0 Å². The summed E-state index contributed by atoms with van der Waals surface area (Å²) in [6.45, 7) is 4.02. The summed E-state index contributed by atoms with van der Waals surface area (Å²) in [6.07, 6.45) is 0. The predicted molar refractivity (Wildman–Crippen MR) is 89.4 cm³/mol. The smallest absolute Gasteiger partial charge is 0.249 e. The zero-order valence-electron chi connectivity index (χ0n) is 12.1. The lowest BCUT2D eigenvalue weighted by molar-refractivity contribution is 0.100. The summed E-state index contributed by atoms with van der Waals surface area (Å²) in [5.41, 5.74) is 7.26. The first-order valence-electron chi connectivity index (χ1n) is 6.92. The second-order valence-electron chi connectivity index (χ2n) is 5.34. The Bertz CT molecular complexity index is 646. The highest BCUT2D eigenvalue weighted by atomic mass is 35.5. The SMILES string of the molecule is CN1CCN(c2cccc3cccc(C(N)=O)c23)CC1.Cl. The lowest BCUT2D eigenvalue weighted by Gasteiger charge is -2.35. The number of primary amides is 1. The topological polar surface area (TPSA) is 49.6 Å². The van der Waals surface area contributed by atoms with E-state index in [1.807, 2.05) is 30.3 Å². The van der Waals surface area contributed by atoms with Crippen LogP contribution in [-0.4, -0.2) is 44.0 Å². The summed E-state index contributed by atoms with van der Waals surface area (Å²) < 4.78 is 0. The molecule has 0 aromatic heterocycles. The van der Waals surface area contributed by atoms with Gasteiger partial charge in [-0.2, -0.15) is 0 Å². The largest absolute Gasteiger partial charge is 0.368 e. The van der Waals surface area contributed by atoms with Crippen molar-refractivity contribution in [1.29, 1.82) is 0 Å². The Morgan fingerprint density at radius 3 is 2.29 bits per heavy atom. The first-order valence-corrected chi connectivity index (χ1v) is 6.92. The summed E-state index contributed by atoms with van der Waals surface area (Å²) in [6, 6.07) is 11.9. The molecule has 1 heterocycles. The molecule has 1 fully saturated rings. The number of piperazine rings is 1. The van der Waals surface area contributed by atoms with Crippen LogP contribution >= 0.6 is 12.4 Å². The molecule has 0 unspecified atom stereocenters. The van der Waals surface area contributed by atoms with Gasteiger partial charge in [0.05, 0.1) is 0 Å². The summed E-state index contributed by atoms with van der Waals surface area (Å²) in [4.78, 5) is 16.4. The van der Waals surface area contributed by atoms with Crippen molar-refractivity contribution in [3.05, 3.63) is 42.0 Å². The van der Waals surface area contributed by atoms with E-state index in [0.29, 0.717) is 5.56 Å². The van der Waals surface area contributed by atoms with Crippen LogP contribution in [0.3, 0.4) is 0 Å². The molecule has 1 saturated heterocycles. The van der Waals surface area contributed by atoms with E-state index >= 15 is 0 Å². The van der Waals surface area contributed by atoms with Crippen molar-refractivity contribution in [3.8, 4) is 0 Å². The van der Waals surface area contributed by atoms with Gasteiger partial charge in [-0.1, -0.05) is 24.3 Å². The number of likely N-dealkylation sites (N-methyl/N-ethyl adjacent to an activating group) is 1. The molecule has 5 heteroatoms. The molecule has 21 heavy (non-hydrogen) atoms. The molecule has 4 nitrogen and oxygen atoms in total. The number of nitrogens with zero attached hydrogens (tertiary/aromatic N) is 2. The van der Waals surface area contributed by atoms with Crippen molar-refractivity contribution in [2.45, 2.75) is 0 Å². The molecule has 0 bridgehead atoms. The average Bonchev–Trinajstić information content (AvgIpc) is 2.47. The predicted octanol–water partition coefficient (Wildman–Crippen LogP) is 2.11. The second kappa shape index (κ2) is 6.33. The van der Waals surface area contributed by atoms with Crippen LogP contribution in [0.15, 0.2) is 36.4 Å². The van der Waals surface area contributed by atoms with Crippen molar-refractivity contribution >= 4 is 34.8 Å². The molecular weight excluding hydrogens is 286 g/mol. The number of carbonyl (C=O) groups is 1. The minimum Gasteiger partial charge on any atom is -0.368 e. The van der Waals surface area contributed by atoms with Gasteiger partial charge in [0.2, 0.25) is 5.91 Å². The number of hydrogen-bond acceptors (Lipinski definition) is 3. The van der Waals surface area contributed by atoms with Crippen molar-refractivity contribution in [2.75, 3.05) is 38.1 Å². The molecule has 1 aliphatic rings. The van der Waals surface area contributed by atoms with Crippen LogP contribution in [0.1, 0.15) is 10.4 Å². The number of fused-ring (bicyclic) bond motifs is 1. The van der Waals surface area contributed by atoms with E-state index in [1.54, 1.807) is 0 Å². The van der Waals surface area contributed by atoms with E-state index in [1.165, 1.54) is 0 Å². The van der Waals surface area contributed by atoms with Crippen LogP contribution in [-0.2, 0) is 0 Å². The number of amides is 1. The molecule has 0 radical (unpaired) electrons. The first kappa shape index (κ1) is 15.6. The van der Waals surface area contributed by atoms with Crippen LogP contribution in [0, 0.1) is 0 Å². The molecule has 112 valence electrons. The molecule has 0 aliphatic carbocycles. The third kappa shape index (κ3) is 2.96. The van der Waals surface area contributed by atoms with Crippen LogP contribution < -0.4 is 10.6 Å². The quantitative estimate of drug-likeness (QED) is 0.924. The zero-order valence-corrected chi connectivity index (χ0v) is 12.9. The van der Waals surface area contributed by atoms with Gasteiger partial charge in [-0.15, -0.1) is 12.4 Å². The minimum absolute atomic E-state index is 0. The van der Waals surface area contributed by atoms with Gasteiger partial charge in [0.15, 0.2) is 0 Å². The van der Waals surface area contributed by atoms with Gasteiger partial charge in [-0.3, -0.25) is 4.79 Å². The fourth-order valence-electron chi connectivity index (χ4n) is 2.84. The maximum atomic E-state index is 11.7. The molecule has 0 saturated carbocycles. The van der Waals surface area contributed by atoms with Gasteiger partial charge in [-0.25, -0.2) is 0 Å². The summed E-state index contributed by atoms with van der Waals surface area (Å²) >= 11 is 0. The minimum atomic E-state index is -0.364. The molecule has 0 spiro atoms. The third-order valence-corrected chi connectivity index (χ3v) is 3.99. The van der Waals surface area contributed by atoms with E-state index in [2.05, 4.69) is 22.9 Å². The Morgan fingerprint density at radius 2 is 1.67 bits per heavy atom. The Hall–Kier alpha value is -1.78. The molecule has 0 atom stereocenters. The average molecular weight is 306 g/mol. The standard InChI is InChI=1S/C16H19N3O.ClH/c1-18-8-10-19(11-9-18)14-7-3-5-12-4-2-6-13(15(12)14)16(17)20;/h2-7H,8-11H2,1H3,(H2,17,20);1H.